The van der Waals surface area contributed by atoms with Gasteiger partial charge in [-0.2, -0.15) is 0 Å². The van der Waals surface area contributed by atoms with Gasteiger partial charge in [-0.15, -0.1) is 0 Å². The lowest BCUT2D eigenvalue weighted by atomic mass is 10.1. The van der Waals surface area contributed by atoms with Gasteiger partial charge in [0, 0.05) is 6.20 Å². The largest absolute Gasteiger partial charge is 0.320 e. The van der Waals surface area contributed by atoms with Gasteiger partial charge in [-0.25, -0.2) is 14.4 Å². The molecule has 0 saturated heterocycles. The maximum absolute atomic E-state index is 13.0. The molecule has 136 valence electrons. The number of pyridine rings is 2. The fourth-order valence-electron chi connectivity index (χ4n) is 2.38. The summed E-state index contributed by atoms with van der Waals surface area (Å²) in [6.45, 7) is 3.74. The smallest absolute Gasteiger partial charge is 0.274 e. The highest BCUT2D eigenvalue weighted by Gasteiger charge is 2.16. The molecule has 0 aliphatic heterocycles. The topological polar surface area (TPSA) is 84.0 Å². The number of anilines is 2. The monoisotopic (exact) mass is 364 g/mol. The number of nitrogens with one attached hydrogen (secondary N) is 2. The van der Waals surface area contributed by atoms with Gasteiger partial charge >= 0.3 is 0 Å². The van der Waals surface area contributed by atoms with Crippen LogP contribution in [-0.4, -0.2) is 21.8 Å². The van der Waals surface area contributed by atoms with E-state index in [1.807, 2.05) is 19.9 Å². The van der Waals surface area contributed by atoms with Crippen molar-refractivity contribution in [1.29, 1.82) is 0 Å². The van der Waals surface area contributed by atoms with Gasteiger partial charge in [0.05, 0.1) is 17.4 Å². The van der Waals surface area contributed by atoms with Crippen molar-refractivity contribution in [2.75, 3.05) is 10.6 Å². The predicted molar refractivity (Wildman–Crippen MR) is 100 cm³/mol. The minimum atomic E-state index is -0.540. The van der Waals surface area contributed by atoms with E-state index in [-0.39, 0.29) is 11.3 Å². The van der Waals surface area contributed by atoms with Crippen molar-refractivity contribution in [1.82, 2.24) is 9.97 Å². The first-order chi connectivity index (χ1) is 12.9. The molecule has 0 bridgehead atoms. The number of carbonyl (C=O) groups is 2. The molecule has 0 aliphatic carbocycles. The van der Waals surface area contributed by atoms with E-state index < -0.39 is 17.6 Å². The van der Waals surface area contributed by atoms with E-state index in [0.29, 0.717) is 11.5 Å². The molecule has 6 nitrogen and oxygen atoms in total. The molecule has 2 heterocycles. The number of aryl methyl sites for hydroxylation is 2. The van der Waals surface area contributed by atoms with E-state index in [0.717, 1.165) is 23.4 Å². The molecular formula is C20H17FN4O2. The highest BCUT2D eigenvalue weighted by atomic mass is 19.1. The molecule has 0 radical (unpaired) electrons. The fraction of sp³-hybridized carbons (Fsp3) is 0.100. The molecule has 1 aromatic carbocycles. The minimum Gasteiger partial charge on any atom is -0.320 e. The van der Waals surface area contributed by atoms with Crippen LogP contribution in [0.4, 0.5) is 15.9 Å². The summed E-state index contributed by atoms with van der Waals surface area (Å²) < 4.78 is 13.0. The van der Waals surface area contributed by atoms with Crippen LogP contribution in [0.25, 0.3) is 0 Å². The molecule has 0 unspecified atom stereocenters. The Morgan fingerprint density at radius 1 is 0.852 bits per heavy atom. The first-order valence-electron chi connectivity index (χ1n) is 8.20. The van der Waals surface area contributed by atoms with Crippen molar-refractivity contribution in [3.05, 3.63) is 83.1 Å². The van der Waals surface area contributed by atoms with Crippen LogP contribution in [0.2, 0.25) is 0 Å². The number of nitrogens with zero attached hydrogens (tertiary/aromatic N) is 2. The molecule has 3 aromatic rings. The second-order valence-corrected chi connectivity index (χ2v) is 6.04. The van der Waals surface area contributed by atoms with Crippen molar-refractivity contribution in [3.63, 3.8) is 0 Å². The molecule has 0 fully saturated rings. The summed E-state index contributed by atoms with van der Waals surface area (Å²) in [4.78, 5) is 32.9. The quantitative estimate of drug-likeness (QED) is 0.739. The summed E-state index contributed by atoms with van der Waals surface area (Å²) in [5.74, 6) is -1.07. The summed E-state index contributed by atoms with van der Waals surface area (Å²) in [5, 5.41) is 5.35. The maximum Gasteiger partial charge on any atom is 0.274 e. The van der Waals surface area contributed by atoms with Crippen LogP contribution in [0.1, 0.15) is 32.0 Å². The normalized spacial score (nSPS) is 10.3. The van der Waals surface area contributed by atoms with E-state index >= 15 is 0 Å². The van der Waals surface area contributed by atoms with Crippen LogP contribution >= 0.6 is 0 Å². The maximum atomic E-state index is 13.0. The number of carbonyl (C=O) groups excluding carboxylic acids is 2. The summed E-state index contributed by atoms with van der Waals surface area (Å²) in [7, 11) is 0. The Hall–Kier alpha value is -3.61. The molecule has 2 aromatic heterocycles. The highest BCUT2D eigenvalue weighted by Crippen LogP contribution is 2.20. The Labute approximate surface area is 155 Å². The zero-order valence-electron chi connectivity index (χ0n) is 14.8. The number of amides is 2. The Morgan fingerprint density at radius 2 is 1.63 bits per heavy atom. The van der Waals surface area contributed by atoms with Gasteiger partial charge in [0.1, 0.15) is 17.3 Å². The molecule has 0 spiro atoms. The van der Waals surface area contributed by atoms with Gasteiger partial charge in [0.15, 0.2) is 0 Å². The lowest BCUT2D eigenvalue weighted by Crippen LogP contribution is -2.19. The Bertz CT molecular complexity index is 986. The molecule has 0 atom stereocenters. The summed E-state index contributed by atoms with van der Waals surface area (Å²) in [6.07, 6.45) is 2.61. The van der Waals surface area contributed by atoms with E-state index in [9.17, 15) is 14.0 Å². The van der Waals surface area contributed by atoms with E-state index in [1.54, 1.807) is 30.5 Å². The van der Waals surface area contributed by atoms with Crippen LogP contribution in [0, 0.1) is 19.7 Å². The van der Waals surface area contributed by atoms with Gasteiger partial charge in [0.25, 0.3) is 11.8 Å². The fourth-order valence-corrected chi connectivity index (χ4v) is 2.38. The third-order valence-electron chi connectivity index (χ3n) is 3.78. The lowest BCUT2D eigenvalue weighted by molar-refractivity contribution is 0.102. The summed E-state index contributed by atoms with van der Waals surface area (Å²) in [5.41, 5.74) is 2.48. The predicted octanol–water partition coefficient (Wildman–Crippen LogP) is 3.74. The first-order valence-corrected chi connectivity index (χ1v) is 8.20. The second kappa shape index (κ2) is 7.74. The van der Waals surface area contributed by atoms with Crippen molar-refractivity contribution < 1.29 is 14.0 Å². The van der Waals surface area contributed by atoms with Gasteiger partial charge in [-0.1, -0.05) is 17.7 Å². The van der Waals surface area contributed by atoms with E-state index in [4.69, 9.17) is 0 Å². The van der Waals surface area contributed by atoms with Crippen LogP contribution < -0.4 is 10.6 Å². The second-order valence-electron chi connectivity index (χ2n) is 6.04. The van der Waals surface area contributed by atoms with Crippen molar-refractivity contribution in [2.24, 2.45) is 0 Å². The Balaban J connectivity index is 1.83. The standard InChI is InChI=1S/C20H17FN4O2/c1-12-3-6-16(24-20(27)17-7-5-14(21)11-22-17)15(9-12)19(26)25-18-8-4-13(2)10-23-18/h3-11H,1-2H3,(H,24,27)(H,23,25,26). The molecule has 0 aliphatic rings. The SMILES string of the molecule is Cc1ccc(NC(=O)c2cc(C)ccc2NC(=O)c2ccc(F)cn2)nc1. The average Bonchev–Trinajstić information content (AvgIpc) is 2.65. The Morgan fingerprint density at radius 3 is 2.30 bits per heavy atom. The van der Waals surface area contributed by atoms with Gasteiger partial charge in [0.2, 0.25) is 0 Å². The van der Waals surface area contributed by atoms with Crippen molar-refractivity contribution in [2.45, 2.75) is 13.8 Å². The van der Waals surface area contributed by atoms with Crippen LogP contribution in [-0.2, 0) is 0 Å². The summed E-state index contributed by atoms with van der Waals surface area (Å²) in [6, 6.07) is 11.0. The third kappa shape index (κ3) is 4.52. The molecule has 7 heteroatoms. The van der Waals surface area contributed by atoms with Crippen LogP contribution in [0.15, 0.2) is 54.9 Å². The van der Waals surface area contributed by atoms with Gasteiger partial charge in [-0.05, 0) is 49.7 Å². The van der Waals surface area contributed by atoms with E-state index in [2.05, 4.69) is 20.6 Å². The number of benzene rings is 1. The van der Waals surface area contributed by atoms with Gasteiger partial charge in [-0.3, -0.25) is 9.59 Å². The molecular weight excluding hydrogens is 347 g/mol. The number of rotatable bonds is 4. The summed E-state index contributed by atoms with van der Waals surface area (Å²) >= 11 is 0. The average molecular weight is 364 g/mol. The molecule has 3 rings (SSSR count). The van der Waals surface area contributed by atoms with Gasteiger partial charge < -0.3 is 10.6 Å². The lowest BCUT2D eigenvalue weighted by Gasteiger charge is -2.12. The van der Waals surface area contributed by atoms with Crippen LogP contribution in [0.3, 0.4) is 0 Å². The zero-order valence-corrected chi connectivity index (χ0v) is 14.8. The number of hydrogen-bond acceptors (Lipinski definition) is 4. The minimum absolute atomic E-state index is 0.0449. The Kier molecular flexibility index (Phi) is 5.21. The number of halogens is 1. The van der Waals surface area contributed by atoms with Crippen molar-refractivity contribution in [3.8, 4) is 0 Å². The molecule has 0 saturated carbocycles. The number of aromatic nitrogens is 2. The van der Waals surface area contributed by atoms with Crippen molar-refractivity contribution >= 4 is 23.3 Å². The third-order valence-corrected chi connectivity index (χ3v) is 3.78. The molecule has 2 N–H and O–H groups in total. The zero-order chi connectivity index (χ0) is 19.4. The first kappa shape index (κ1) is 18.2. The molecule has 27 heavy (non-hydrogen) atoms. The molecule has 2 amide bonds. The highest BCUT2D eigenvalue weighted by molar-refractivity contribution is 6.12. The van der Waals surface area contributed by atoms with E-state index in [1.165, 1.54) is 6.07 Å². The van der Waals surface area contributed by atoms with Crippen LogP contribution in [0.5, 0.6) is 0 Å². The number of hydrogen-bond donors (Lipinski definition) is 2.